The van der Waals surface area contributed by atoms with Gasteiger partial charge in [-0.3, -0.25) is 4.57 Å². The molecule has 0 saturated carbocycles. The molecule has 1 amide bonds. The highest BCUT2D eigenvalue weighted by Crippen LogP contribution is 2.57. The first-order valence-corrected chi connectivity index (χ1v) is 6.58. The van der Waals surface area contributed by atoms with Crippen molar-refractivity contribution in [3.05, 3.63) is 0 Å². The van der Waals surface area contributed by atoms with E-state index >= 15 is 0 Å². The molecule has 0 bridgehead atoms. The molecule has 0 spiro atoms. The molecule has 0 aliphatic rings. The monoisotopic (exact) mass is 313 g/mol. The van der Waals surface area contributed by atoms with Gasteiger partial charge in [-0.05, 0) is 0 Å². The van der Waals surface area contributed by atoms with Crippen LogP contribution >= 0.6 is 42.4 Å². The Labute approximate surface area is 108 Å². The van der Waals surface area contributed by atoms with Gasteiger partial charge >= 0.3 is 13.7 Å². The second-order valence-corrected chi connectivity index (χ2v) is 7.18. The van der Waals surface area contributed by atoms with Gasteiger partial charge in [-0.2, -0.15) is 0 Å². The maximum absolute atomic E-state index is 12.0. The van der Waals surface area contributed by atoms with E-state index in [1.807, 2.05) is 0 Å². The predicted octanol–water partition coefficient (Wildman–Crippen LogP) is 2.52. The van der Waals surface area contributed by atoms with Gasteiger partial charge in [-0.1, -0.05) is 34.8 Å². The number of carbonyl (C=O) groups excluding carboxylic acids is 1. The molecule has 0 aromatic rings. The maximum Gasteiger partial charge on any atom is 0.407 e. The average molecular weight is 314 g/mol. The van der Waals surface area contributed by atoms with Gasteiger partial charge < -0.3 is 19.1 Å². The molecule has 0 aromatic heterocycles. The summed E-state index contributed by atoms with van der Waals surface area (Å²) in [6, 6.07) is 0. The minimum Gasteiger partial charge on any atom is -0.453 e. The third-order valence-corrected chi connectivity index (χ3v) is 4.85. The van der Waals surface area contributed by atoms with Crippen LogP contribution in [-0.4, -0.2) is 37.0 Å². The van der Waals surface area contributed by atoms with Crippen LogP contribution in [0.2, 0.25) is 0 Å². The van der Waals surface area contributed by atoms with Crippen molar-refractivity contribution in [1.29, 1.82) is 0 Å². The van der Waals surface area contributed by atoms with Crippen LogP contribution < -0.4 is 5.32 Å². The fraction of sp³-hybridized carbons (Fsp3) is 0.833. The third-order valence-electron chi connectivity index (χ3n) is 1.58. The summed E-state index contributed by atoms with van der Waals surface area (Å²) >= 11 is 16.7. The Hall–Kier alpha value is 0.290. The Morgan fingerprint density at radius 3 is 1.94 bits per heavy atom. The predicted molar refractivity (Wildman–Crippen MR) is 61.2 cm³/mol. The standard InChI is InChI=1S/C6H11Cl3NO5P/c1-13-5(11)10-4(6(7,8)9)16(12,14-2)15-3/h4H,1-3H3,(H,10,11)/t4-/m1/s1. The second-order valence-electron chi connectivity index (χ2n) is 2.49. The lowest BCUT2D eigenvalue weighted by atomic mass is 10.7. The zero-order valence-corrected chi connectivity index (χ0v) is 11.9. The van der Waals surface area contributed by atoms with Crippen molar-refractivity contribution in [2.75, 3.05) is 21.3 Å². The number of amides is 1. The van der Waals surface area contributed by atoms with Gasteiger partial charge in [0.05, 0.1) is 7.11 Å². The minimum absolute atomic E-state index is 0.925. The smallest absolute Gasteiger partial charge is 0.407 e. The van der Waals surface area contributed by atoms with Crippen molar-refractivity contribution in [2.24, 2.45) is 0 Å². The molecule has 0 fully saturated rings. The van der Waals surface area contributed by atoms with Crippen LogP contribution in [-0.2, 0) is 18.3 Å². The molecule has 0 unspecified atom stereocenters. The quantitative estimate of drug-likeness (QED) is 0.637. The highest BCUT2D eigenvalue weighted by Gasteiger charge is 2.49. The van der Waals surface area contributed by atoms with Crippen molar-refractivity contribution in [3.63, 3.8) is 0 Å². The molecule has 0 heterocycles. The van der Waals surface area contributed by atoms with Gasteiger partial charge in [-0.15, -0.1) is 0 Å². The highest BCUT2D eigenvalue weighted by atomic mass is 35.6. The first kappa shape index (κ1) is 16.3. The van der Waals surface area contributed by atoms with E-state index in [0.717, 1.165) is 21.3 Å². The average Bonchev–Trinajstić information content (AvgIpc) is 2.22. The third kappa shape index (κ3) is 4.28. The number of rotatable bonds is 4. The summed E-state index contributed by atoms with van der Waals surface area (Å²) in [5.41, 5.74) is 0. The lowest BCUT2D eigenvalue weighted by molar-refractivity contribution is 0.166. The summed E-state index contributed by atoms with van der Waals surface area (Å²) in [7, 11) is -0.474. The Morgan fingerprint density at radius 2 is 1.69 bits per heavy atom. The molecule has 0 radical (unpaired) electrons. The summed E-state index contributed by atoms with van der Waals surface area (Å²) in [6.45, 7) is 0. The van der Waals surface area contributed by atoms with Crippen LogP contribution in [0.1, 0.15) is 0 Å². The van der Waals surface area contributed by atoms with Crippen molar-refractivity contribution in [1.82, 2.24) is 5.32 Å². The Balaban J connectivity index is 5.10. The Bertz CT molecular complexity index is 286. The molecular formula is C6H11Cl3NO5P. The fourth-order valence-corrected chi connectivity index (χ4v) is 3.23. The van der Waals surface area contributed by atoms with Crippen LogP contribution in [0.15, 0.2) is 0 Å². The van der Waals surface area contributed by atoms with Crippen molar-refractivity contribution in [2.45, 2.75) is 9.58 Å². The Kier molecular flexibility index (Phi) is 6.40. The number of methoxy groups -OCH3 is 1. The van der Waals surface area contributed by atoms with Crippen LogP contribution in [0.4, 0.5) is 4.79 Å². The number of hydrogen-bond donors (Lipinski definition) is 1. The first-order valence-electron chi connectivity index (χ1n) is 3.83. The SMILES string of the molecule is COC(=O)N[C@@H](C(Cl)(Cl)Cl)P(=O)(OC)OC. The lowest BCUT2D eigenvalue weighted by Gasteiger charge is -2.29. The molecule has 0 aromatic carbocycles. The molecule has 1 atom stereocenters. The molecule has 0 aliphatic heterocycles. The highest BCUT2D eigenvalue weighted by molar-refractivity contribution is 7.55. The summed E-state index contributed by atoms with van der Waals surface area (Å²) < 4.78 is 23.5. The van der Waals surface area contributed by atoms with Crippen LogP contribution in [0.25, 0.3) is 0 Å². The molecule has 0 rings (SSSR count). The van der Waals surface area contributed by atoms with Crippen LogP contribution in [0, 0.1) is 0 Å². The number of alkyl halides is 3. The molecule has 10 heteroatoms. The number of hydrogen-bond acceptors (Lipinski definition) is 5. The van der Waals surface area contributed by atoms with E-state index in [0.29, 0.717) is 0 Å². The molecular weight excluding hydrogens is 303 g/mol. The van der Waals surface area contributed by atoms with Gasteiger partial charge in [-0.25, -0.2) is 4.79 Å². The lowest BCUT2D eigenvalue weighted by Crippen LogP contribution is -2.44. The van der Waals surface area contributed by atoms with E-state index < -0.39 is 23.3 Å². The largest absolute Gasteiger partial charge is 0.453 e. The molecule has 16 heavy (non-hydrogen) atoms. The van der Waals surface area contributed by atoms with Crippen molar-refractivity contribution < 1.29 is 23.1 Å². The van der Waals surface area contributed by atoms with Gasteiger partial charge in [0.1, 0.15) is 0 Å². The molecule has 0 aliphatic carbocycles. The zero-order valence-electron chi connectivity index (χ0n) is 8.70. The molecule has 96 valence electrons. The van der Waals surface area contributed by atoms with E-state index in [-0.39, 0.29) is 0 Å². The van der Waals surface area contributed by atoms with E-state index in [1.165, 1.54) is 0 Å². The van der Waals surface area contributed by atoms with Crippen LogP contribution in [0.5, 0.6) is 0 Å². The van der Waals surface area contributed by atoms with Gasteiger partial charge in [0, 0.05) is 14.2 Å². The van der Waals surface area contributed by atoms with Crippen molar-refractivity contribution >= 4 is 48.5 Å². The molecule has 6 nitrogen and oxygen atoms in total. The number of nitrogens with one attached hydrogen (secondary N) is 1. The van der Waals surface area contributed by atoms with Crippen molar-refractivity contribution in [3.8, 4) is 0 Å². The molecule has 1 N–H and O–H groups in total. The summed E-state index contributed by atoms with van der Waals surface area (Å²) in [6.07, 6.45) is -0.925. The normalized spacial score (nSPS) is 14.4. The summed E-state index contributed by atoms with van der Waals surface area (Å²) in [4.78, 5) is 11.0. The topological polar surface area (TPSA) is 73.9 Å². The van der Waals surface area contributed by atoms with E-state index in [2.05, 4.69) is 19.1 Å². The summed E-state index contributed by atoms with van der Waals surface area (Å²) in [5.74, 6) is -1.48. The first-order chi connectivity index (χ1) is 7.21. The number of halogens is 3. The maximum atomic E-state index is 12.0. The minimum atomic E-state index is -3.79. The number of ether oxygens (including phenoxy) is 1. The van der Waals surface area contributed by atoms with E-state index in [1.54, 1.807) is 0 Å². The summed E-state index contributed by atoms with van der Waals surface area (Å²) in [5, 5.41) is 2.08. The van der Waals surface area contributed by atoms with Gasteiger partial charge in [0.15, 0.2) is 5.78 Å². The van der Waals surface area contributed by atoms with E-state index in [4.69, 9.17) is 34.8 Å². The number of alkyl carbamates (subject to hydrolysis) is 1. The van der Waals surface area contributed by atoms with Gasteiger partial charge in [0.25, 0.3) is 0 Å². The van der Waals surface area contributed by atoms with E-state index in [9.17, 15) is 9.36 Å². The fourth-order valence-electron chi connectivity index (χ4n) is 0.796. The Morgan fingerprint density at radius 1 is 1.25 bits per heavy atom. The second kappa shape index (κ2) is 6.28. The zero-order chi connectivity index (χ0) is 13.0. The van der Waals surface area contributed by atoms with Crippen LogP contribution in [0.3, 0.4) is 0 Å². The number of carbonyl (C=O) groups is 1. The van der Waals surface area contributed by atoms with Gasteiger partial charge in [0.2, 0.25) is 3.79 Å². The molecule has 0 saturated heterocycles.